The molecule has 0 aliphatic carbocycles. The second-order valence-corrected chi connectivity index (χ2v) is 3.86. The summed E-state index contributed by atoms with van der Waals surface area (Å²) in [5, 5.41) is 0. The van der Waals surface area contributed by atoms with E-state index in [9.17, 15) is 0 Å². The van der Waals surface area contributed by atoms with Gasteiger partial charge in [0.1, 0.15) is 12.8 Å². The summed E-state index contributed by atoms with van der Waals surface area (Å²) in [6.45, 7) is 3.33. The molecular formula is C9H18NS+. The van der Waals surface area contributed by atoms with E-state index in [1.807, 2.05) is 0 Å². The van der Waals surface area contributed by atoms with E-state index in [4.69, 9.17) is 0 Å². The Morgan fingerprint density at radius 2 is 1.73 bits per heavy atom. The van der Waals surface area contributed by atoms with E-state index < -0.39 is 0 Å². The first-order chi connectivity index (χ1) is 5.30. The summed E-state index contributed by atoms with van der Waals surface area (Å²) < 4.78 is 2.12. The Hall–Kier alpha value is 0.0200. The maximum absolute atomic E-state index is 4.42. The van der Waals surface area contributed by atoms with Crippen LogP contribution >= 0.6 is 12.8 Å². The topological polar surface area (TPSA) is 3.01 Å². The molecule has 0 aromatic carbocycles. The molecule has 1 heterocycles. The second kappa shape index (κ2) is 4.81. The predicted octanol–water partition coefficient (Wildman–Crippen LogP) is 2.66. The fraction of sp³-hybridized carbons (Fsp3) is 0.889. The quantitative estimate of drug-likeness (QED) is 0.423. The molecule has 0 spiro atoms. The molecule has 0 aromatic heterocycles. The number of rotatable bonds is 0. The zero-order valence-corrected chi connectivity index (χ0v) is 8.24. The van der Waals surface area contributed by atoms with Crippen LogP contribution in [0.5, 0.6) is 0 Å². The smallest absolute Gasteiger partial charge is 0.163 e. The van der Waals surface area contributed by atoms with Crippen LogP contribution in [-0.2, 0) is 0 Å². The summed E-state index contributed by atoms with van der Waals surface area (Å²) in [6.07, 6.45) is 8.09. The number of hydrogen-bond acceptors (Lipinski definition) is 1. The molecule has 1 rings (SSSR count). The molecule has 0 atom stereocenters. The van der Waals surface area contributed by atoms with Gasteiger partial charge in [-0.1, -0.05) is 12.8 Å². The summed E-state index contributed by atoms with van der Waals surface area (Å²) in [4.78, 5) is 0. The Kier molecular flexibility index (Phi) is 3.98. The van der Waals surface area contributed by atoms with Crippen LogP contribution in [0.3, 0.4) is 0 Å². The first-order valence-electron chi connectivity index (χ1n) is 4.59. The SMILES string of the molecule is C/C1=[N+](\S)CCCCCCC1. The average Bonchev–Trinajstić information content (AvgIpc) is 2.07. The molecule has 0 fully saturated rings. The van der Waals surface area contributed by atoms with Gasteiger partial charge < -0.3 is 0 Å². The van der Waals surface area contributed by atoms with Crippen molar-refractivity contribution in [2.24, 2.45) is 0 Å². The van der Waals surface area contributed by atoms with Crippen molar-refractivity contribution in [1.82, 2.24) is 0 Å². The van der Waals surface area contributed by atoms with Crippen LogP contribution in [0.1, 0.15) is 45.4 Å². The lowest BCUT2D eigenvalue weighted by Crippen LogP contribution is -2.10. The molecule has 2 heteroatoms. The highest BCUT2D eigenvalue weighted by Gasteiger charge is 2.08. The molecule has 0 amide bonds. The lowest BCUT2D eigenvalue weighted by molar-refractivity contribution is -0.345. The molecule has 1 aliphatic rings. The molecule has 0 saturated carbocycles. The minimum absolute atomic E-state index is 1.13. The fourth-order valence-electron chi connectivity index (χ4n) is 1.49. The van der Waals surface area contributed by atoms with Crippen molar-refractivity contribution in [1.29, 1.82) is 0 Å². The number of hydrogen-bond donors (Lipinski definition) is 1. The Morgan fingerprint density at radius 1 is 1.09 bits per heavy atom. The maximum atomic E-state index is 4.42. The third-order valence-electron chi connectivity index (χ3n) is 2.35. The summed E-state index contributed by atoms with van der Waals surface area (Å²) in [6, 6.07) is 0. The summed E-state index contributed by atoms with van der Waals surface area (Å²) in [5.41, 5.74) is 1.44. The van der Waals surface area contributed by atoms with Crippen molar-refractivity contribution in [3.05, 3.63) is 0 Å². The van der Waals surface area contributed by atoms with Gasteiger partial charge >= 0.3 is 0 Å². The zero-order valence-electron chi connectivity index (χ0n) is 7.34. The van der Waals surface area contributed by atoms with Crippen molar-refractivity contribution < 1.29 is 3.98 Å². The molecule has 64 valence electrons. The van der Waals surface area contributed by atoms with Gasteiger partial charge in [-0.2, -0.15) is 3.98 Å². The minimum Gasteiger partial charge on any atom is -0.170 e. The van der Waals surface area contributed by atoms with Gasteiger partial charge in [-0.05, 0) is 12.8 Å². The minimum atomic E-state index is 1.13. The van der Waals surface area contributed by atoms with Gasteiger partial charge in [0, 0.05) is 19.8 Å². The van der Waals surface area contributed by atoms with Gasteiger partial charge in [-0.3, -0.25) is 0 Å². The molecule has 1 aliphatic heterocycles. The Labute approximate surface area is 75.0 Å². The van der Waals surface area contributed by atoms with Crippen molar-refractivity contribution in [3.8, 4) is 0 Å². The Bertz CT molecular complexity index is 136. The van der Waals surface area contributed by atoms with Crippen LogP contribution in [0, 0.1) is 0 Å². The van der Waals surface area contributed by atoms with Crippen LogP contribution < -0.4 is 0 Å². The highest BCUT2D eigenvalue weighted by atomic mass is 32.1. The third kappa shape index (κ3) is 3.28. The average molecular weight is 172 g/mol. The number of nitrogens with zero attached hydrogens (tertiary/aromatic N) is 1. The molecule has 0 aromatic rings. The largest absolute Gasteiger partial charge is 0.170 e. The van der Waals surface area contributed by atoms with Gasteiger partial charge in [-0.25, -0.2) is 0 Å². The lowest BCUT2D eigenvalue weighted by Gasteiger charge is -1.96. The van der Waals surface area contributed by atoms with Crippen LogP contribution in [0.2, 0.25) is 0 Å². The van der Waals surface area contributed by atoms with Crippen LogP contribution in [0.4, 0.5) is 0 Å². The van der Waals surface area contributed by atoms with Gasteiger partial charge in [0.25, 0.3) is 0 Å². The molecule has 0 radical (unpaired) electrons. The first-order valence-corrected chi connectivity index (χ1v) is 4.99. The predicted molar refractivity (Wildman–Crippen MR) is 52.5 cm³/mol. The van der Waals surface area contributed by atoms with E-state index in [2.05, 4.69) is 23.7 Å². The van der Waals surface area contributed by atoms with E-state index in [1.165, 1.54) is 44.2 Å². The van der Waals surface area contributed by atoms with Crippen LogP contribution in [0.25, 0.3) is 0 Å². The van der Waals surface area contributed by atoms with Crippen molar-refractivity contribution >= 4 is 18.5 Å². The van der Waals surface area contributed by atoms with Crippen LogP contribution in [-0.4, -0.2) is 16.2 Å². The molecular weight excluding hydrogens is 154 g/mol. The summed E-state index contributed by atoms with van der Waals surface area (Å²) in [7, 11) is 0. The van der Waals surface area contributed by atoms with Crippen molar-refractivity contribution in [2.75, 3.05) is 6.54 Å². The molecule has 0 saturated heterocycles. The van der Waals surface area contributed by atoms with E-state index in [-0.39, 0.29) is 0 Å². The molecule has 0 N–H and O–H groups in total. The summed E-state index contributed by atoms with van der Waals surface area (Å²) >= 11 is 4.42. The maximum Gasteiger partial charge on any atom is 0.163 e. The van der Waals surface area contributed by atoms with Crippen molar-refractivity contribution in [2.45, 2.75) is 45.4 Å². The van der Waals surface area contributed by atoms with E-state index in [0.717, 1.165) is 6.54 Å². The standard InChI is InChI=1S/C9H18NS/c1-9-7-5-3-2-4-6-8-10(9)11/h11H,2-8H2,1H3/q+1/b10-9+. The monoisotopic (exact) mass is 172 g/mol. The third-order valence-corrected chi connectivity index (χ3v) is 2.89. The summed E-state index contributed by atoms with van der Waals surface area (Å²) in [5.74, 6) is 0. The molecule has 0 unspecified atom stereocenters. The van der Waals surface area contributed by atoms with Gasteiger partial charge in [0.05, 0.1) is 0 Å². The van der Waals surface area contributed by atoms with Gasteiger partial charge in [-0.15, -0.1) is 0 Å². The Balaban J connectivity index is 2.47. The van der Waals surface area contributed by atoms with Crippen LogP contribution in [0.15, 0.2) is 0 Å². The van der Waals surface area contributed by atoms with E-state index >= 15 is 0 Å². The highest BCUT2D eigenvalue weighted by molar-refractivity contribution is 7.73. The van der Waals surface area contributed by atoms with E-state index in [1.54, 1.807) is 0 Å². The fourth-order valence-corrected chi connectivity index (χ4v) is 1.73. The van der Waals surface area contributed by atoms with Gasteiger partial charge in [0.2, 0.25) is 0 Å². The van der Waals surface area contributed by atoms with E-state index in [0.29, 0.717) is 0 Å². The molecule has 1 nitrogen and oxygen atoms in total. The molecule has 0 bridgehead atoms. The number of thiol groups is 1. The lowest BCUT2D eigenvalue weighted by atomic mass is 10.1. The molecule has 11 heavy (non-hydrogen) atoms. The second-order valence-electron chi connectivity index (χ2n) is 3.38. The Morgan fingerprint density at radius 3 is 2.55 bits per heavy atom. The normalized spacial score (nSPS) is 28.9. The highest BCUT2D eigenvalue weighted by Crippen LogP contribution is 2.10. The first kappa shape index (κ1) is 9.11. The van der Waals surface area contributed by atoms with Crippen molar-refractivity contribution in [3.63, 3.8) is 0 Å². The van der Waals surface area contributed by atoms with Gasteiger partial charge in [0.15, 0.2) is 12.3 Å². The zero-order chi connectivity index (χ0) is 8.10.